The van der Waals surface area contributed by atoms with Gasteiger partial charge in [-0.25, -0.2) is 22.8 Å². The van der Waals surface area contributed by atoms with Crippen LogP contribution in [0.15, 0.2) is 101 Å². The Morgan fingerprint density at radius 1 is 0.311 bits per heavy atom. The van der Waals surface area contributed by atoms with Crippen LogP contribution in [0.4, 0.5) is 114 Å². The van der Waals surface area contributed by atoms with Crippen LogP contribution in [-0.4, -0.2) is 324 Å². The molecule has 32 nitrogen and oxygen atoms in total. The molecule has 0 aliphatic carbocycles. The summed E-state index contributed by atoms with van der Waals surface area (Å²) in [6.45, 7) is 26.0. The van der Waals surface area contributed by atoms with E-state index in [0.29, 0.717) is 13.2 Å². The molecule has 0 heterocycles. The van der Waals surface area contributed by atoms with Gasteiger partial charge >= 0.3 is 96.9 Å². The fraction of sp³-hybridized carbons (Fsp3) is 0.676. The van der Waals surface area contributed by atoms with Gasteiger partial charge in [0.2, 0.25) is 6.17 Å². The number of halogens is 26. The van der Waals surface area contributed by atoms with E-state index in [1.165, 1.54) is 36.5 Å². The van der Waals surface area contributed by atoms with E-state index in [1.807, 2.05) is 0 Å². The molecule has 0 aliphatic rings. The quantitative estimate of drug-likeness (QED) is 0.00939. The normalized spacial score (nSPS) is 13.3. The zero-order valence-electron chi connectivity index (χ0n) is 70.9. The Hall–Kier alpha value is -8.78. The number of hydrogen-bond acceptors (Lipinski definition) is 32. The minimum atomic E-state index is -5.70. The number of ether oxygens (including phenoxy) is 16. The zero-order valence-corrected chi connectivity index (χ0v) is 70.9. The summed E-state index contributed by atoms with van der Waals surface area (Å²) >= 11 is 0. The maximum Gasteiger partial charge on any atom is 0.421 e. The summed E-state index contributed by atoms with van der Waals surface area (Å²) in [5, 5.41) is 0. The van der Waals surface area contributed by atoms with Gasteiger partial charge in [-0.3, -0.25) is 28.8 Å². The fourth-order valence-electron chi connectivity index (χ4n) is 6.91. The highest BCUT2D eigenvalue weighted by atomic mass is 19.4. The predicted molar refractivity (Wildman–Crippen MR) is 415 cm³/mol. The third kappa shape index (κ3) is 83.1. The van der Waals surface area contributed by atoms with E-state index < -0.39 is 196 Å². The van der Waals surface area contributed by atoms with Crippen molar-refractivity contribution in [2.45, 2.75) is 117 Å². The van der Waals surface area contributed by atoms with Crippen LogP contribution < -0.4 is 45.9 Å². The van der Waals surface area contributed by atoms with Crippen molar-refractivity contribution in [2.75, 3.05) is 185 Å². The molecule has 0 aromatic heterocycles. The van der Waals surface area contributed by atoms with E-state index in [0.717, 1.165) is 0 Å². The lowest BCUT2D eigenvalue weighted by molar-refractivity contribution is -0.289. The van der Waals surface area contributed by atoms with E-state index >= 15 is 0 Å². The van der Waals surface area contributed by atoms with Crippen molar-refractivity contribution in [3.63, 3.8) is 0 Å². The average Bonchev–Trinajstić information content (AvgIpc) is 0.800. The first-order valence-electron chi connectivity index (χ1n) is 37.5. The Morgan fingerprint density at radius 2 is 0.583 bits per heavy atom. The Kier molecular flexibility index (Phi) is 84.7. The van der Waals surface area contributed by atoms with Crippen molar-refractivity contribution >= 4 is 47.8 Å². The van der Waals surface area contributed by atoms with Crippen LogP contribution in [-0.2, 0) is 114 Å². The van der Waals surface area contributed by atoms with Crippen molar-refractivity contribution in [3.8, 4) is 0 Å². The Bertz CT molecular complexity index is 3090. The smallest absolute Gasteiger partial charge is 0.421 e. The van der Waals surface area contributed by atoms with Gasteiger partial charge in [0, 0.05) is 19.4 Å². The summed E-state index contributed by atoms with van der Waals surface area (Å²) in [6.07, 6.45) is -33.8. The first-order chi connectivity index (χ1) is 61.1. The number of hydrogen-bond donors (Lipinski definition) is 8. The SMILES string of the molecule is C=CCOCCOC(=O)C(CN)C(F)(F)F.C=CCOCCOC(=O)C(F)(F)CCN.C=CCOCCOC(=O)C(F)CCN.C=CCOCCOC(=O)C(N)C(C(F)(F)F)C(F)(F)F.C=CCOCCOC(=O)C(N)C(F)C(F)(F)F.C=CCOCCOC(=O)C(N)CC(C(F)(F)F)C(F)(F)F.C=CCOCCOC(=O)C(N)CC(F)(F)F.C=CCOCCOC(=O)C(N)CF. The number of rotatable bonds is 59. The second-order valence-corrected chi connectivity index (χ2v) is 24.1. The summed E-state index contributed by atoms with van der Waals surface area (Å²) in [7, 11) is 0. The topological polar surface area (TPSA) is 492 Å². The second-order valence-electron chi connectivity index (χ2n) is 24.1. The average molecular weight is 1990 g/mol. The van der Waals surface area contributed by atoms with Gasteiger partial charge in [0.1, 0.15) is 89.7 Å². The summed E-state index contributed by atoms with van der Waals surface area (Å²) in [4.78, 5) is 87.4. The van der Waals surface area contributed by atoms with Crippen molar-refractivity contribution < 1.29 is 228 Å². The molecule has 0 saturated heterocycles. The largest absolute Gasteiger partial charge is 0.463 e. The lowest BCUT2D eigenvalue weighted by Crippen LogP contribution is -2.53. The molecule has 776 valence electrons. The third-order valence-electron chi connectivity index (χ3n) is 13.0. The number of nitrogens with two attached hydrogens (primary N) is 8. The minimum absolute atomic E-state index is 0.00759. The summed E-state index contributed by atoms with van der Waals surface area (Å²) < 4.78 is 391. The molecule has 0 aromatic rings. The summed E-state index contributed by atoms with van der Waals surface area (Å²) in [5.74, 6) is -23.7. The molecule has 16 N–H and O–H groups in total. The van der Waals surface area contributed by atoms with E-state index in [-0.39, 0.29) is 158 Å². The molecule has 0 fully saturated rings. The van der Waals surface area contributed by atoms with Crippen LogP contribution in [0.2, 0.25) is 0 Å². The monoisotopic (exact) mass is 1990 g/mol. The fourth-order valence-corrected chi connectivity index (χ4v) is 6.91. The Balaban J connectivity index is -0.000000223. The lowest BCUT2D eigenvalue weighted by Gasteiger charge is -2.26. The van der Waals surface area contributed by atoms with Gasteiger partial charge in [-0.1, -0.05) is 48.6 Å². The number of carbonyl (C=O) groups is 8. The van der Waals surface area contributed by atoms with Crippen LogP contribution in [0.1, 0.15) is 25.7 Å². The molecule has 0 spiro atoms. The molecule has 0 radical (unpaired) electrons. The van der Waals surface area contributed by atoms with Gasteiger partial charge < -0.3 is 122 Å². The first-order valence-corrected chi connectivity index (χ1v) is 37.5. The highest BCUT2D eigenvalue weighted by Crippen LogP contribution is 2.43. The number of esters is 8. The van der Waals surface area contributed by atoms with Gasteiger partial charge in [0.25, 0.3) is 0 Å². The van der Waals surface area contributed by atoms with Crippen molar-refractivity contribution in [1.29, 1.82) is 0 Å². The molecule has 8 unspecified atom stereocenters. The Morgan fingerprint density at radius 3 is 0.833 bits per heavy atom. The standard InChI is InChI=1S/C11H15F6NO3.C10H13F6NO3.C9H13F4NO3.2C9H14F3NO3.C9H15F2NO3.C9H16FNO3.C8H14FNO3/c1-2-3-20-4-5-21-9(19)7(18)6-8(10(12,13)14)11(15,16)17;1-2-3-19-4-5-20-8(18)6(17)7(9(11,12)13)10(14,15)16;1-2-3-16-4-5-17-8(15)6(14)7(10)9(11,12)13;1-2-3-15-4-5-16-8(14)7(6-13)9(10,11)12;1-2-3-15-4-5-16-8(14)7(13)6-9(10,11)12;1-2-5-14-6-7-15-8(13)9(10,11)3-4-12;1-2-5-13-6-7-14-9(12)8(10)3-4-11;1-2-3-12-4-5-13-8(11)7(10)6-9/h2,7-8H,1,3-6,18H2;2,6-7H,1,3-5,17H2;2,6-7H,1,3-5,14H2;2*2,7H,1,3-6,13H2;2H,1,3-7,12H2;2,8H,1,3-7,11H2;2,7H,1,3-6,10H2. The molecule has 0 aliphatic heterocycles. The van der Waals surface area contributed by atoms with Crippen LogP contribution in [0.5, 0.6) is 0 Å². The molecular formula is C74H114F26N8O24. The van der Waals surface area contributed by atoms with Gasteiger partial charge in [-0.2, -0.15) is 101 Å². The van der Waals surface area contributed by atoms with Crippen LogP contribution in [0.3, 0.4) is 0 Å². The third-order valence-corrected chi connectivity index (χ3v) is 13.0. The van der Waals surface area contributed by atoms with E-state index in [9.17, 15) is 153 Å². The second kappa shape index (κ2) is 80.7. The van der Waals surface area contributed by atoms with Gasteiger partial charge in [-0.05, 0) is 19.5 Å². The summed E-state index contributed by atoms with van der Waals surface area (Å²) in [6, 6.07) is -10.2. The maximum absolute atomic E-state index is 12.8. The van der Waals surface area contributed by atoms with E-state index in [1.54, 1.807) is 12.2 Å². The van der Waals surface area contributed by atoms with Crippen molar-refractivity contribution in [2.24, 2.45) is 63.6 Å². The van der Waals surface area contributed by atoms with E-state index in [2.05, 4.69) is 90.5 Å². The Labute approximate surface area is 741 Å². The molecule has 0 saturated carbocycles. The molecule has 58 heteroatoms. The highest BCUT2D eigenvalue weighted by molar-refractivity contribution is 5.79. The minimum Gasteiger partial charge on any atom is -0.463 e. The molecule has 8 atom stereocenters. The number of alkyl halides is 26. The molecule has 0 rings (SSSR count). The molecule has 0 amide bonds. The molecule has 132 heavy (non-hydrogen) atoms. The van der Waals surface area contributed by atoms with Gasteiger partial charge in [0.05, 0.1) is 112 Å². The molecular weight excluding hydrogens is 1880 g/mol. The maximum atomic E-state index is 12.8. The predicted octanol–water partition coefficient (Wildman–Crippen LogP) is 8.00. The van der Waals surface area contributed by atoms with Crippen LogP contribution >= 0.6 is 0 Å². The van der Waals surface area contributed by atoms with Crippen LogP contribution in [0.25, 0.3) is 0 Å². The zero-order chi connectivity index (χ0) is 104. The first kappa shape index (κ1) is 139. The van der Waals surface area contributed by atoms with E-state index in [4.69, 9.17) is 83.8 Å². The van der Waals surface area contributed by atoms with Crippen LogP contribution in [0, 0.1) is 17.8 Å². The van der Waals surface area contributed by atoms with Gasteiger partial charge in [-0.15, -0.1) is 52.6 Å². The highest BCUT2D eigenvalue weighted by Gasteiger charge is 2.62. The molecule has 0 bridgehead atoms. The summed E-state index contributed by atoms with van der Waals surface area (Å²) in [5.41, 5.74) is 39.4. The van der Waals surface area contributed by atoms with Crippen molar-refractivity contribution in [3.05, 3.63) is 101 Å². The molecule has 0 aromatic carbocycles. The lowest BCUT2D eigenvalue weighted by atomic mass is 9.99. The van der Waals surface area contributed by atoms with Crippen molar-refractivity contribution in [1.82, 2.24) is 0 Å². The number of carbonyl (C=O) groups excluding carboxylic acids is 8. The van der Waals surface area contributed by atoms with Gasteiger partial charge in [0.15, 0.2) is 23.9 Å².